The van der Waals surface area contributed by atoms with Crippen LogP contribution in [0, 0.1) is 0 Å². The Morgan fingerprint density at radius 3 is 2.72 bits per heavy atom. The standard InChI is InChI=1S/C18H25N3O6S2/c22-17-6-2-9-21(17)10-3-8-19-18(23)14-4-1-5-16(12-14)29(26,27)20-15-7-11-28(24,25)13-15/h1,4-5,12,15,20H,2-3,6-11,13H2,(H,19,23). The molecule has 0 aliphatic carbocycles. The molecule has 160 valence electrons. The molecule has 2 aliphatic heterocycles. The van der Waals surface area contributed by atoms with Crippen molar-refractivity contribution >= 4 is 31.7 Å². The van der Waals surface area contributed by atoms with Crippen LogP contribution in [0.5, 0.6) is 0 Å². The van der Waals surface area contributed by atoms with Crippen molar-refractivity contribution in [2.45, 2.75) is 36.6 Å². The van der Waals surface area contributed by atoms with Crippen molar-refractivity contribution in [2.75, 3.05) is 31.1 Å². The number of likely N-dealkylation sites (tertiary alicyclic amines) is 1. The third-order valence-electron chi connectivity index (χ3n) is 5.02. The topological polar surface area (TPSA) is 130 Å². The number of hydrogen-bond donors (Lipinski definition) is 2. The quantitative estimate of drug-likeness (QED) is 0.540. The van der Waals surface area contributed by atoms with Crippen molar-refractivity contribution in [3.8, 4) is 0 Å². The number of carbonyl (C=O) groups excluding carboxylic acids is 2. The summed E-state index contributed by atoms with van der Waals surface area (Å²) in [7, 11) is -7.14. The molecule has 0 spiro atoms. The SMILES string of the molecule is O=C(NCCCN1CCCC1=O)c1cccc(S(=O)(=O)NC2CCS(=O)(=O)C2)c1. The average Bonchev–Trinajstić information content (AvgIpc) is 3.22. The number of nitrogens with zero attached hydrogens (tertiary/aromatic N) is 1. The van der Waals surface area contributed by atoms with Crippen LogP contribution in [-0.2, 0) is 24.7 Å². The number of rotatable bonds is 8. The molecule has 2 heterocycles. The van der Waals surface area contributed by atoms with Gasteiger partial charge in [0.2, 0.25) is 15.9 Å². The van der Waals surface area contributed by atoms with Crippen molar-refractivity contribution in [3.05, 3.63) is 29.8 Å². The van der Waals surface area contributed by atoms with Crippen LogP contribution in [-0.4, -0.2) is 70.7 Å². The van der Waals surface area contributed by atoms with Crippen molar-refractivity contribution in [2.24, 2.45) is 0 Å². The molecule has 0 aromatic heterocycles. The highest BCUT2D eigenvalue weighted by Gasteiger charge is 2.31. The summed E-state index contributed by atoms with van der Waals surface area (Å²) in [6.07, 6.45) is 2.30. The fourth-order valence-corrected chi connectivity index (χ4v) is 6.59. The lowest BCUT2D eigenvalue weighted by molar-refractivity contribution is -0.127. The van der Waals surface area contributed by atoms with Crippen LogP contribution < -0.4 is 10.0 Å². The molecule has 2 saturated heterocycles. The summed E-state index contributed by atoms with van der Waals surface area (Å²) in [5.74, 6) is -0.521. The maximum Gasteiger partial charge on any atom is 0.251 e. The molecule has 0 radical (unpaired) electrons. The summed E-state index contributed by atoms with van der Waals surface area (Å²) in [5.41, 5.74) is 0.198. The van der Waals surface area contributed by atoms with E-state index >= 15 is 0 Å². The van der Waals surface area contributed by atoms with Crippen LogP contribution in [0.4, 0.5) is 0 Å². The van der Waals surface area contributed by atoms with Crippen molar-refractivity contribution in [3.63, 3.8) is 0 Å². The van der Waals surface area contributed by atoms with Crippen molar-refractivity contribution in [1.82, 2.24) is 14.9 Å². The number of amides is 2. The highest BCUT2D eigenvalue weighted by Crippen LogP contribution is 2.17. The van der Waals surface area contributed by atoms with Gasteiger partial charge in [-0.15, -0.1) is 0 Å². The van der Waals surface area contributed by atoms with Crippen LogP contribution in [0.3, 0.4) is 0 Å². The molecule has 1 unspecified atom stereocenters. The van der Waals surface area contributed by atoms with Crippen LogP contribution in [0.25, 0.3) is 0 Å². The van der Waals surface area contributed by atoms with Gasteiger partial charge in [-0.3, -0.25) is 9.59 Å². The number of nitrogens with one attached hydrogen (secondary N) is 2. The van der Waals surface area contributed by atoms with Gasteiger partial charge in [-0.2, -0.15) is 0 Å². The largest absolute Gasteiger partial charge is 0.352 e. The predicted octanol–water partition coefficient (Wildman–Crippen LogP) is -0.106. The van der Waals surface area contributed by atoms with E-state index in [4.69, 9.17) is 0 Å². The van der Waals surface area contributed by atoms with E-state index in [9.17, 15) is 26.4 Å². The number of carbonyl (C=O) groups is 2. The van der Waals surface area contributed by atoms with Crippen LogP contribution in [0.1, 0.15) is 36.0 Å². The van der Waals surface area contributed by atoms with Gasteiger partial charge < -0.3 is 10.2 Å². The Morgan fingerprint density at radius 2 is 2.07 bits per heavy atom. The molecule has 0 saturated carbocycles. The lowest BCUT2D eigenvalue weighted by Gasteiger charge is -2.15. The Kier molecular flexibility index (Phi) is 6.59. The Morgan fingerprint density at radius 1 is 1.28 bits per heavy atom. The van der Waals surface area contributed by atoms with Crippen molar-refractivity contribution in [1.29, 1.82) is 0 Å². The number of hydrogen-bond acceptors (Lipinski definition) is 6. The van der Waals surface area contributed by atoms with E-state index in [0.29, 0.717) is 25.9 Å². The minimum absolute atomic E-state index is 0.0361. The second-order valence-corrected chi connectivity index (χ2v) is 11.3. The zero-order valence-electron chi connectivity index (χ0n) is 16.0. The molecule has 1 aromatic carbocycles. The van der Waals surface area contributed by atoms with Crippen LogP contribution in [0.15, 0.2) is 29.2 Å². The molecule has 29 heavy (non-hydrogen) atoms. The molecule has 2 N–H and O–H groups in total. The smallest absolute Gasteiger partial charge is 0.251 e. The fourth-order valence-electron chi connectivity index (χ4n) is 3.49. The number of benzene rings is 1. The van der Waals surface area contributed by atoms with Gasteiger partial charge in [0.15, 0.2) is 9.84 Å². The second-order valence-electron chi connectivity index (χ2n) is 7.34. The van der Waals surface area contributed by atoms with E-state index in [1.165, 1.54) is 24.3 Å². The van der Waals surface area contributed by atoms with Gasteiger partial charge in [-0.25, -0.2) is 21.6 Å². The summed E-state index contributed by atoms with van der Waals surface area (Å²) in [6, 6.07) is 4.96. The lowest BCUT2D eigenvalue weighted by Crippen LogP contribution is -2.35. The van der Waals surface area contributed by atoms with E-state index in [-0.39, 0.29) is 34.3 Å². The summed E-state index contributed by atoms with van der Waals surface area (Å²) in [4.78, 5) is 25.6. The molecule has 1 aromatic rings. The Hall–Kier alpha value is -1.98. The second kappa shape index (κ2) is 8.80. The fraction of sp³-hybridized carbons (Fsp3) is 0.556. The van der Waals surface area contributed by atoms with E-state index < -0.39 is 31.8 Å². The van der Waals surface area contributed by atoms with Gasteiger partial charge in [-0.1, -0.05) is 6.07 Å². The summed E-state index contributed by atoms with van der Waals surface area (Å²) >= 11 is 0. The van der Waals surface area contributed by atoms with E-state index in [1.54, 1.807) is 4.90 Å². The minimum atomic E-state index is -3.93. The number of sulfonamides is 1. The summed E-state index contributed by atoms with van der Waals surface area (Å²) in [6.45, 7) is 1.71. The van der Waals surface area contributed by atoms with Gasteiger partial charge in [0, 0.05) is 37.7 Å². The predicted molar refractivity (Wildman–Crippen MR) is 107 cm³/mol. The van der Waals surface area contributed by atoms with Gasteiger partial charge in [0.05, 0.1) is 16.4 Å². The molecule has 2 fully saturated rings. The van der Waals surface area contributed by atoms with Gasteiger partial charge in [0.1, 0.15) is 0 Å². The van der Waals surface area contributed by atoms with E-state index in [1.807, 2.05) is 0 Å². The maximum absolute atomic E-state index is 12.5. The summed E-state index contributed by atoms with van der Waals surface area (Å²) in [5, 5.41) is 2.73. The maximum atomic E-state index is 12.5. The van der Waals surface area contributed by atoms with E-state index in [0.717, 1.165) is 13.0 Å². The first-order valence-electron chi connectivity index (χ1n) is 9.55. The molecule has 0 bridgehead atoms. The molecule has 2 amide bonds. The van der Waals surface area contributed by atoms with Crippen LogP contribution >= 0.6 is 0 Å². The molecule has 2 aliphatic rings. The third-order valence-corrected chi connectivity index (χ3v) is 8.31. The Labute approximate surface area is 170 Å². The molecular weight excluding hydrogens is 418 g/mol. The lowest BCUT2D eigenvalue weighted by atomic mass is 10.2. The minimum Gasteiger partial charge on any atom is -0.352 e. The Bertz CT molecular complexity index is 991. The first kappa shape index (κ1) is 21.7. The zero-order valence-corrected chi connectivity index (χ0v) is 17.6. The molecule has 3 rings (SSSR count). The van der Waals surface area contributed by atoms with Crippen LogP contribution in [0.2, 0.25) is 0 Å². The first-order valence-corrected chi connectivity index (χ1v) is 12.9. The first-order chi connectivity index (χ1) is 13.7. The molecular formula is C18H25N3O6S2. The van der Waals surface area contributed by atoms with Gasteiger partial charge in [-0.05, 0) is 37.5 Å². The summed E-state index contributed by atoms with van der Waals surface area (Å²) < 4.78 is 50.5. The number of sulfone groups is 1. The third kappa shape index (κ3) is 5.77. The zero-order chi connectivity index (χ0) is 21.1. The molecule has 1 atom stereocenters. The van der Waals surface area contributed by atoms with Gasteiger partial charge >= 0.3 is 0 Å². The molecule has 11 heteroatoms. The highest BCUT2D eigenvalue weighted by atomic mass is 32.2. The normalized spacial score (nSPS) is 21.4. The van der Waals surface area contributed by atoms with Gasteiger partial charge in [0.25, 0.3) is 5.91 Å². The average molecular weight is 444 g/mol. The van der Waals surface area contributed by atoms with Crippen molar-refractivity contribution < 1.29 is 26.4 Å². The monoisotopic (exact) mass is 443 g/mol. The highest BCUT2D eigenvalue weighted by molar-refractivity contribution is 7.92. The van der Waals surface area contributed by atoms with E-state index in [2.05, 4.69) is 10.0 Å². The Balaban J connectivity index is 1.55. The molecule has 9 nitrogen and oxygen atoms in total.